The van der Waals surface area contributed by atoms with Crippen LogP contribution < -0.4 is 0 Å². The summed E-state index contributed by atoms with van der Waals surface area (Å²) < 4.78 is 15.3. The van der Waals surface area contributed by atoms with Crippen molar-refractivity contribution in [2.24, 2.45) is 5.92 Å². The Morgan fingerprint density at radius 3 is 2.53 bits per heavy atom. The molecule has 0 aliphatic carbocycles. The first-order chi connectivity index (χ1) is 8.19. The highest BCUT2D eigenvalue weighted by Gasteiger charge is 2.34. The lowest BCUT2D eigenvalue weighted by Crippen LogP contribution is -2.32. The first-order valence-corrected chi connectivity index (χ1v) is 6.12. The zero-order valence-electron chi connectivity index (χ0n) is 10.4. The van der Waals surface area contributed by atoms with Crippen LogP contribution in [0.5, 0.6) is 0 Å². The van der Waals surface area contributed by atoms with E-state index in [1.165, 1.54) is 0 Å². The number of esters is 2. The molecule has 0 saturated carbocycles. The van der Waals surface area contributed by atoms with E-state index < -0.39 is 5.92 Å². The van der Waals surface area contributed by atoms with Crippen LogP contribution in [-0.2, 0) is 23.8 Å². The van der Waals surface area contributed by atoms with E-state index in [-0.39, 0.29) is 24.5 Å². The number of rotatable bonds is 6. The molecule has 0 spiro atoms. The summed E-state index contributed by atoms with van der Waals surface area (Å²) in [6, 6.07) is 0. The molecule has 1 saturated heterocycles. The van der Waals surface area contributed by atoms with Crippen LogP contribution in [0.15, 0.2) is 0 Å². The van der Waals surface area contributed by atoms with Gasteiger partial charge in [0.15, 0.2) is 0 Å². The smallest absolute Gasteiger partial charge is 0.312 e. The largest absolute Gasteiger partial charge is 0.466 e. The Morgan fingerprint density at radius 1 is 1.29 bits per heavy atom. The first-order valence-electron chi connectivity index (χ1n) is 6.12. The van der Waals surface area contributed by atoms with Crippen molar-refractivity contribution in [2.75, 3.05) is 19.8 Å². The van der Waals surface area contributed by atoms with E-state index in [1.807, 2.05) is 0 Å². The van der Waals surface area contributed by atoms with Crippen LogP contribution in [0.25, 0.3) is 0 Å². The average molecular weight is 244 g/mol. The second kappa shape index (κ2) is 7.27. The molecule has 5 nitrogen and oxygen atoms in total. The molecule has 0 amide bonds. The summed E-state index contributed by atoms with van der Waals surface area (Å²) in [5.41, 5.74) is 0. The van der Waals surface area contributed by atoms with E-state index in [0.717, 1.165) is 12.8 Å². The van der Waals surface area contributed by atoms with Crippen molar-refractivity contribution in [3.8, 4) is 0 Å². The third-order valence-corrected chi connectivity index (χ3v) is 2.69. The summed E-state index contributed by atoms with van der Waals surface area (Å²) in [5, 5.41) is 0. The monoisotopic (exact) mass is 244 g/mol. The Labute approximate surface area is 101 Å². The molecule has 0 aromatic rings. The van der Waals surface area contributed by atoms with Crippen molar-refractivity contribution < 1.29 is 23.8 Å². The van der Waals surface area contributed by atoms with Crippen molar-refractivity contribution in [3.05, 3.63) is 0 Å². The molecular weight excluding hydrogens is 224 g/mol. The van der Waals surface area contributed by atoms with Crippen LogP contribution in [0, 0.1) is 5.92 Å². The maximum Gasteiger partial charge on any atom is 0.312 e. The SMILES string of the molecule is CCOC(=O)CC(C(=O)OCC)C1CCCO1. The van der Waals surface area contributed by atoms with Gasteiger partial charge in [0, 0.05) is 6.61 Å². The van der Waals surface area contributed by atoms with Gasteiger partial charge in [-0.1, -0.05) is 0 Å². The van der Waals surface area contributed by atoms with Crippen LogP contribution in [0.3, 0.4) is 0 Å². The highest BCUT2D eigenvalue weighted by molar-refractivity contribution is 5.80. The van der Waals surface area contributed by atoms with Crippen molar-refractivity contribution in [3.63, 3.8) is 0 Å². The third kappa shape index (κ3) is 4.34. The quantitative estimate of drug-likeness (QED) is 0.659. The maximum absolute atomic E-state index is 11.8. The fraction of sp³-hybridized carbons (Fsp3) is 0.833. The van der Waals surface area contributed by atoms with Gasteiger partial charge < -0.3 is 14.2 Å². The topological polar surface area (TPSA) is 61.8 Å². The summed E-state index contributed by atoms with van der Waals surface area (Å²) in [5.74, 6) is -1.27. The number of hydrogen-bond donors (Lipinski definition) is 0. The molecule has 1 aliphatic rings. The predicted octanol–water partition coefficient (Wildman–Crippen LogP) is 1.30. The fourth-order valence-electron chi connectivity index (χ4n) is 1.94. The highest BCUT2D eigenvalue weighted by Crippen LogP contribution is 2.24. The summed E-state index contributed by atoms with van der Waals surface area (Å²) in [6.45, 7) is 4.76. The molecule has 1 rings (SSSR count). The normalized spacial score (nSPS) is 20.9. The molecule has 0 aromatic carbocycles. The lowest BCUT2D eigenvalue weighted by atomic mass is 9.96. The molecule has 98 valence electrons. The van der Waals surface area contributed by atoms with E-state index in [0.29, 0.717) is 19.8 Å². The van der Waals surface area contributed by atoms with E-state index >= 15 is 0 Å². The highest BCUT2D eigenvalue weighted by atomic mass is 16.5. The van der Waals surface area contributed by atoms with Crippen LogP contribution in [-0.4, -0.2) is 37.9 Å². The molecule has 0 radical (unpaired) electrons. The van der Waals surface area contributed by atoms with Crippen LogP contribution in [0.2, 0.25) is 0 Å². The van der Waals surface area contributed by atoms with Crippen molar-refractivity contribution >= 4 is 11.9 Å². The minimum Gasteiger partial charge on any atom is -0.466 e. The lowest BCUT2D eigenvalue weighted by molar-refractivity contribution is -0.159. The predicted molar refractivity (Wildman–Crippen MR) is 60.3 cm³/mol. The summed E-state index contributed by atoms with van der Waals surface area (Å²) in [4.78, 5) is 23.2. The molecule has 1 heterocycles. The van der Waals surface area contributed by atoms with Crippen LogP contribution >= 0.6 is 0 Å². The van der Waals surface area contributed by atoms with E-state index in [2.05, 4.69) is 0 Å². The van der Waals surface area contributed by atoms with Gasteiger partial charge in [0.2, 0.25) is 0 Å². The second-order valence-electron chi connectivity index (χ2n) is 3.92. The van der Waals surface area contributed by atoms with Gasteiger partial charge in [0.25, 0.3) is 0 Å². The van der Waals surface area contributed by atoms with Crippen LogP contribution in [0.4, 0.5) is 0 Å². The van der Waals surface area contributed by atoms with E-state index in [4.69, 9.17) is 14.2 Å². The Balaban J connectivity index is 2.57. The minimum atomic E-state index is -0.531. The Hall–Kier alpha value is -1.10. The summed E-state index contributed by atoms with van der Waals surface area (Å²) in [7, 11) is 0. The van der Waals surface area contributed by atoms with Crippen molar-refractivity contribution in [2.45, 2.75) is 39.2 Å². The Morgan fingerprint density at radius 2 is 2.00 bits per heavy atom. The molecule has 0 N–H and O–H groups in total. The van der Waals surface area contributed by atoms with E-state index in [9.17, 15) is 9.59 Å². The van der Waals surface area contributed by atoms with Gasteiger partial charge in [-0.15, -0.1) is 0 Å². The molecule has 0 aromatic heterocycles. The molecular formula is C12H20O5. The zero-order chi connectivity index (χ0) is 12.7. The van der Waals surface area contributed by atoms with Gasteiger partial charge in [0.05, 0.1) is 31.7 Å². The standard InChI is InChI=1S/C12H20O5/c1-3-15-11(13)8-9(12(14)16-4-2)10-6-5-7-17-10/h9-10H,3-8H2,1-2H3. The molecule has 1 aliphatic heterocycles. The molecule has 17 heavy (non-hydrogen) atoms. The van der Waals surface area contributed by atoms with Crippen molar-refractivity contribution in [1.82, 2.24) is 0 Å². The van der Waals surface area contributed by atoms with Crippen LogP contribution in [0.1, 0.15) is 33.1 Å². The van der Waals surface area contributed by atoms with Gasteiger partial charge in [0.1, 0.15) is 0 Å². The zero-order valence-corrected chi connectivity index (χ0v) is 10.4. The third-order valence-electron chi connectivity index (χ3n) is 2.69. The number of carbonyl (C=O) groups is 2. The number of carbonyl (C=O) groups excluding carboxylic acids is 2. The Kier molecular flexibility index (Phi) is 5.97. The molecule has 0 bridgehead atoms. The van der Waals surface area contributed by atoms with Crippen molar-refractivity contribution in [1.29, 1.82) is 0 Å². The number of ether oxygens (including phenoxy) is 3. The molecule has 2 atom stereocenters. The average Bonchev–Trinajstić information content (AvgIpc) is 2.79. The van der Waals surface area contributed by atoms with Gasteiger partial charge >= 0.3 is 11.9 Å². The van der Waals surface area contributed by atoms with Gasteiger partial charge in [-0.25, -0.2) is 0 Å². The number of hydrogen-bond acceptors (Lipinski definition) is 5. The summed E-state index contributed by atoms with van der Waals surface area (Å²) in [6.07, 6.45) is 1.54. The summed E-state index contributed by atoms with van der Waals surface area (Å²) >= 11 is 0. The Bertz CT molecular complexity index is 258. The van der Waals surface area contributed by atoms with Gasteiger partial charge in [-0.2, -0.15) is 0 Å². The lowest BCUT2D eigenvalue weighted by Gasteiger charge is -2.20. The fourth-order valence-corrected chi connectivity index (χ4v) is 1.94. The molecule has 5 heteroatoms. The van der Waals surface area contributed by atoms with E-state index in [1.54, 1.807) is 13.8 Å². The van der Waals surface area contributed by atoms with Gasteiger partial charge in [-0.05, 0) is 26.7 Å². The molecule has 1 fully saturated rings. The maximum atomic E-state index is 11.8. The minimum absolute atomic E-state index is 0.0390. The first kappa shape index (κ1) is 14.0. The molecule has 2 unspecified atom stereocenters. The second-order valence-corrected chi connectivity index (χ2v) is 3.92. The van der Waals surface area contributed by atoms with Gasteiger partial charge in [-0.3, -0.25) is 9.59 Å².